The highest BCUT2D eigenvalue weighted by molar-refractivity contribution is 4.55. The summed E-state index contributed by atoms with van der Waals surface area (Å²) >= 11 is 0. The quantitative estimate of drug-likeness (QED) is 0.0679. The van der Waals surface area contributed by atoms with Crippen molar-refractivity contribution in [2.45, 2.75) is 187 Å². The summed E-state index contributed by atoms with van der Waals surface area (Å²) in [5, 5.41) is 10.6. The molecule has 3 nitrogen and oxygen atoms in total. The van der Waals surface area contributed by atoms with Crippen LogP contribution in [0, 0.1) is 0 Å². The van der Waals surface area contributed by atoms with Crippen molar-refractivity contribution in [1.29, 1.82) is 0 Å². The van der Waals surface area contributed by atoms with Gasteiger partial charge in [-0.15, -0.1) is 0 Å². The van der Waals surface area contributed by atoms with E-state index >= 15 is 0 Å². The maximum atomic E-state index is 10.6. The number of aliphatic hydroxyl groups excluding tert-OH is 1. The Morgan fingerprint density at radius 1 is 0.500 bits per heavy atom. The first-order valence-corrected chi connectivity index (χ1v) is 17.7. The van der Waals surface area contributed by atoms with E-state index in [1.165, 1.54) is 161 Å². The molecule has 0 aliphatic heterocycles. The average molecular weight is 541 g/mol. The van der Waals surface area contributed by atoms with Gasteiger partial charge in [0.25, 0.3) is 0 Å². The molecule has 1 N–H and O–H groups in total. The Labute approximate surface area is 241 Å². The topological polar surface area (TPSA) is 29.5 Å². The van der Waals surface area contributed by atoms with E-state index in [0.717, 1.165) is 30.6 Å². The average Bonchev–Trinajstić information content (AvgIpc) is 2.91. The van der Waals surface area contributed by atoms with Gasteiger partial charge in [-0.25, -0.2) is 0 Å². The van der Waals surface area contributed by atoms with Gasteiger partial charge in [-0.05, 0) is 26.2 Å². The number of hydrogen-bond donors (Lipinski definition) is 1. The van der Waals surface area contributed by atoms with Gasteiger partial charge in [-0.1, -0.05) is 155 Å². The van der Waals surface area contributed by atoms with E-state index in [2.05, 4.69) is 27.8 Å². The minimum absolute atomic E-state index is 0.334. The Morgan fingerprint density at radius 2 is 0.842 bits per heavy atom. The lowest BCUT2D eigenvalue weighted by Crippen LogP contribution is -2.50. The molecule has 0 saturated carbocycles. The lowest BCUT2D eigenvalue weighted by Gasteiger charge is -2.35. The zero-order chi connectivity index (χ0) is 28.0. The summed E-state index contributed by atoms with van der Waals surface area (Å²) in [4.78, 5) is 0. The molecule has 2 unspecified atom stereocenters. The minimum Gasteiger partial charge on any atom is -0.385 e. The van der Waals surface area contributed by atoms with Crippen LogP contribution in [0.4, 0.5) is 0 Å². The summed E-state index contributed by atoms with van der Waals surface area (Å²) in [5.74, 6) is 0. The monoisotopic (exact) mass is 541 g/mol. The largest absolute Gasteiger partial charge is 0.385 e. The summed E-state index contributed by atoms with van der Waals surface area (Å²) in [6.07, 6.45) is 34.4. The van der Waals surface area contributed by atoms with Crippen LogP contribution in [0.25, 0.3) is 0 Å². The lowest BCUT2D eigenvalue weighted by atomic mass is 10.0. The highest BCUT2D eigenvalue weighted by Gasteiger charge is 2.23. The predicted molar refractivity (Wildman–Crippen MR) is 170 cm³/mol. The molecule has 0 aromatic carbocycles. The summed E-state index contributed by atoms with van der Waals surface area (Å²) in [6, 6.07) is 0. The molecule has 0 heterocycles. The second-order valence-corrected chi connectivity index (χ2v) is 12.7. The molecule has 0 radical (unpaired) electrons. The van der Waals surface area contributed by atoms with Crippen LogP contribution in [0.1, 0.15) is 181 Å². The fourth-order valence-electron chi connectivity index (χ4n) is 5.72. The SMILES string of the molecule is CCCCCCCCCCCCCCCC[N+](C)(CC)CC(O)COCCCCCCCCCCCCC. The Balaban J connectivity index is 3.54. The van der Waals surface area contributed by atoms with Crippen molar-refractivity contribution in [1.82, 2.24) is 0 Å². The van der Waals surface area contributed by atoms with Crippen LogP contribution < -0.4 is 0 Å². The van der Waals surface area contributed by atoms with E-state index < -0.39 is 0 Å². The number of quaternary nitrogens is 1. The number of aliphatic hydroxyl groups is 1. The number of rotatable bonds is 32. The Bertz CT molecular complexity index is 444. The van der Waals surface area contributed by atoms with E-state index in [4.69, 9.17) is 4.74 Å². The number of unbranched alkanes of at least 4 members (excludes halogenated alkanes) is 23. The van der Waals surface area contributed by atoms with E-state index in [1.54, 1.807) is 0 Å². The molecule has 0 aromatic rings. The van der Waals surface area contributed by atoms with Crippen molar-refractivity contribution in [3.05, 3.63) is 0 Å². The normalized spacial score (nSPS) is 14.1. The third-order valence-electron chi connectivity index (χ3n) is 8.67. The van der Waals surface area contributed by atoms with Gasteiger partial charge >= 0.3 is 0 Å². The molecule has 0 aliphatic carbocycles. The van der Waals surface area contributed by atoms with Crippen LogP contribution in [0.15, 0.2) is 0 Å². The molecule has 0 spiro atoms. The van der Waals surface area contributed by atoms with Gasteiger partial charge in [0.15, 0.2) is 0 Å². The number of ether oxygens (including phenoxy) is 1. The molecule has 2 atom stereocenters. The van der Waals surface area contributed by atoms with Crippen molar-refractivity contribution in [3.63, 3.8) is 0 Å². The second-order valence-electron chi connectivity index (χ2n) is 12.7. The van der Waals surface area contributed by atoms with E-state index in [-0.39, 0.29) is 6.10 Å². The third-order valence-corrected chi connectivity index (χ3v) is 8.67. The first-order valence-electron chi connectivity index (χ1n) is 17.7. The van der Waals surface area contributed by atoms with E-state index in [9.17, 15) is 5.11 Å². The molecule has 0 fully saturated rings. The zero-order valence-electron chi connectivity index (χ0n) is 27.1. The van der Waals surface area contributed by atoms with E-state index in [1.807, 2.05) is 0 Å². The highest BCUT2D eigenvalue weighted by Crippen LogP contribution is 2.15. The molecule has 230 valence electrons. The maximum Gasteiger partial charge on any atom is 0.126 e. The van der Waals surface area contributed by atoms with Gasteiger partial charge in [-0.3, -0.25) is 0 Å². The molecule has 0 bridgehead atoms. The van der Waals surface area contributed by atoms with Crippen LogP contribution in [-0.4, -0.2) is 55.6 Å². The van der Waals surface area contributed by atoms with Crippen LogP contribution >= 0.6 is 0 Å². The first-order chi connectivity index (χ1) is 18.6. The van der Waals surface area contributed by atoms with Gasteiger partial charge in [0, 0.05) is 6.61 Å². The van der Waals surface area contributed by atoms with Gasteiger partial charge in [-0.2, -0.15) is 0 Å². The third kappa shape index (κ3) is 27.4. The van der Waals surface area contributed by atoms with Crippen molar-refractivity contribution < 1.29 is 14.3 Å². The molecule has 0 rings (SSSR count). The fraction of sp³-hybridized carbons (Fsp3) is 1.00. The molecule has 38 heavy (non-hydrogen) atoms. The molecule has 0 saturated heterocycles. The standard InChI is InChI=1S/C35H74NO2/c1-5-8-10-12-14-16-18-19-20-21-23-25-27-29-31-36(4,7-3)33-35(37)34-38-32-30-28-26-24-22-17-15-13-11-9-6-2/h35,37H,5-34H2,1-4H3/q+1. The Kier molecular flexibility index (Phi) is 29.8. The summed E-state index contributed by atoms with van der Waals surface area (Å²) in [6.45, 7) is 11.3. The van der Waals surface area contributed by atoms with E-state index in [0.29, 0.717) is 6.61 Å². The smallest absolute Gasteiger partial charge is 0.126 e. The van der Waals surface area contributed by atoms with Crippen LogP contribution in [0.3, 0.4) is 0 Å². The summed E-state index contributed by atoms with van der Waals surface area (Å²) in [5.41, 5.74) is 0. The van der Waals surface area contributed by atoms with Crippen LogP contribution in [-0.2, 0) is 4.74 Å². The Hall–Kier alpha value is -0.120. The van der Waals surface area contributed by atoms with Gasteiger partial charge < -0.3 is 14.3 Å². The molecule has 0 aromatic heterocycles. The van der Waals surface area contributed by atoms with Crippen molar-refractivity contribution in [2.24, 2.45) is 0 Å². The zero-order valence-corrected chi connectivity index (χ0v) is 27.1. The number of hydrogen-bond acceptors (Lipinski definition) is 2. The first kappa shape index (κ1) is 37.9. The van der Waals surface area contributed by atoms with Crippen molar-refractivity contribution >= 4 is 0 Å². The van der Waals surface area contributed by atoms with Gasteiger partial charge in [0.1, 0.15) is 12.6 Å². The van der Waals surface area contributed by atoms with Gasteiger partial charge in [0.2, 0.25) is 0 Å². The molecule has 0 amide bonds. The summed E-state index contributed by atoms with van der Waals surface area (Å²) < 4.78 is 6.81. The fourth-order valence-corrected chi connectivity index (χ4v) is 5.72. The molecule has 0 aliphatic rings. The predicted octanol–water partition coefficient (Wildman–Crippen LogP) is 10.6. The van der Waals surface area contributed by atoms with Crippen molar-refractivity contribution in [2.75, 3.05) is 39.9 Å². The second kappa shape index (κ2) is 29.9. The van der Waals surface area contributed by atoms with Gasteiger partial charge in [0.05, 0.1) is 26.7 Å². The number of nitrogens with zero attached hydrogens (tertiary/aromatic N) is 1. The lowest BCUT2D eigenvalue weighted by molar-refractivity contribution is -0.911. The molecular formula is C35H74NO2+. The number of likely N-dealkylation sites (N-methyl/N-ethyl adjacent to an activating group) is 1. The van der Waals surface area contributed by atoms with Crippen LogP contribution in [0.2, 0.25) is 0 Å². The molecular weight excluding hydrogens is 466 g/mol. The summed E-state index contributed by atoms with van der Waals surface area (Å²) in [7, 11) is 2.31. The highest BCUT2D eigenvalue weighted by atomic mass is 16.5. The molecule has 3 heteroatoms. The maximum absolute atomic E-state index is 10.6. The van der Waals surface area contributed by atoms with Crippen molar-refractivity contribution in [3.8, 4) is 0 Å². The Morgan fingerprint density at radius 3 is 1.21 bits per heavy atom. The minimum atomic E-state index is -0.334. The van der Waals surface area contributed by atoms with Crippen LogP contribution in [0.5, 0.6) is 0 Å².